The van der Waals surface area contributed by atoms with Gasteiger partial charge in [0.15, 0.2) is 0 Å². The van der Waals surface area contributed by atoms with Gasteiger partial charge < -0.3 is 15.0 Å². The van der Waals surface area contributed by atoms with Gasteiger partial charge in [-0.15, -0.1) is 0 Å². The van der Waals surface area contributed by atoms with Gasteiger partial charge in [-0.25, -0.2) is 0 Å². The Kier molecular flexibility index (Phi) is 8.44. The van der Waals surface area contributed by atoms with Gasteiger partial charge in [0.05, 0.1) is 12.2 Å². The molecule has 5 nitrogen and oxygen atoms in total. The lowest BCUT2D eigenvalue weighted by Gasteiger charge is -2.18. The molecule has 0 unspecified atom stereocenters. The lowest BCUT2D eigenvalue weighted by molar-refractivity contribution is 0.0989. The summed E-state index contributed by atoms with van der Waals surface area (Å²) in [5.74, 6) is 0.149. The third kappa shape index (κ3) is 6.20. The molecule has 0 aromatic heterocycles. The first-order valence-corrected chi connectivity index (χ1v) is 11.1. The van der Waals surface area contributed by atoms with E-state index in [0.717, 1.165) is 18.5 Å². The number of anilines is 2. The minimum absolute atomic E-state index is 0.150. The number of nitrogens with zero attached hydrogens (tertiary/aromatic N) is 1. The fourth-order valence-electron chi connectivity index (χ4n) is 3.38. The van der Waals surface area contributed by atoms with Gasteiger partial charge in [-0.1, -0.05) is 62.6 Å². The molecule has 0 aliphatic heterocycles. The summed E-state index contributed by atoms with van der Waals surface area (Å²) in [4.78, 5) is 27.4. The van der Waals surface area contributed by atoms with Crippen LogP contribution >= 0.6 is 0 Å². The second-order valence-electron chi connectivity index (χ2n) is 7.64. The van der Waals surface area contributed by atoms with Crippen LogP contribution in [0.25, 0.3) is 0 Å². The quantitative estimate of drug-likeness (QED) is 0.391. The Balaban J connectivity index is 1.68. The zero-order chi connectivity index (χ0) is 22.8. The molecule has 0 aliphatic rings. The topological polar surface area (TPSA) is 58.6 Å². The van der Waals surface area contributed by atoms with Crippen LogP contribution in [0.4, 0.5) is 11.4 Å². The SMILES string of the molecule is CCCCCCOc1ccccc1C(=O)Nc1cccc(C(=O)N(C)c2ccccc2)c1. The van der Waals surface area contributed by atoms with Crippen LogP contribution < -0.4 is 15.0 Å². The molecule has 1 N–H and O–H groups in total. The lowest BCUT2D eigenvalue weighted by atomic mass is 10.1. The summed E-state index contributed by atoms with van der Waals surface area (Å²) in [7, 11) is 1.73. The molecular formula is C27H30N2O3. The summed E-state index contributed by atoms with van der Waals surface area (Å²) >= 11 is 0. The number of hydrogen-bond acceptors (Lipinski definition) is 3. The number of ether oxygens (including phenoxy) is 1. The molecule has 3 rings (SSSR count). The number of carbonyl (C=O) groups is 2. The molecule has 0 spiro atoms. The van der Waals surface area contributed by atoms with Crippen LogP contribution in [-0.4, -0.2) is 25.5 Å². The predicted octanol–water partition coefficient (Wildman–Crippen LogP) is 6.17. The van der Waals surface area contributed by atoms with Gasteiger partial charge in [-0.2, -0.15) is 0 Å². The summed E-state index contributed by atoms with van der Waals surface area (Å²) < 4.78 is 5.86. The molecule has 0 radical (unpaired) electrons. The normalized spacial score (nSPS) is 10.4. The average molecular weight is 431 g/mol. The van der Waals surface area contributed by atoms with E-state index in [0.29, 0.717) is 29.2 Å². The minimum Gasteiger partial charge on any atom is -0.493 e. The fourth-order valence-corrected chi connectivity index (χ4v) is 3.38. The van der Waals surface area contributed by atoms with E-state index in [1.54, 1.807) is 42.3 Å². The number of para-hydroxylation sites is 2. The van der Waals surface area contributed by atoms with E-state index in [1.807, 2.05) is 48.5 Å². The van der Waals surface area contributed by atoms with Crippen LogP contribution in [0.5, 0.6) is 5.75 Å². The van der Waals surface area contributed by atoms with Gasteiger partial charge in [0.2, 0.25) is 0 Å². The second kappa shape index (κ2) is 11.7. The number of benzene rings is 3. The van der Waals surface area contributed by atoms with Crippen LogP contribution in [0, 0.1) is 0 Å². The van der Waals surface area contributed by atoms with Crippen molar-refractivity contribution >= 4 is 23.2 Å². The smallest absolute Gasteiger partial charge is 0.259 e. The Morgan fingerprint density at radius 1 is 0.875 bits per heavy atom. The van der Waals surface area contributed by atoms with Crippen molar-refractivity contribution in [2.24, 2.45) is 0 Å². The third-order valence-electron chi connectivity index (χ3n) is 5.20. The zero-order valence-electron chi connectivity index (χ0n) is 18.7. The predicted molar refractivity (Wildman–Crippen MR) is 130 cm³/mol. The molecule has 0 heterocycles. The van der Waals surface area contributed by atoms with Gasteiger partial charge in [0, 0.05) is 24.0 Å². The zero-order valence-corrected chi connectivity index (χ0v) is 18.7. The summed E-state index contributed by atoms with van der Waals surface area (Å²) in [6, 6.07) is 23.6. The Hall–Kier alpha value is -3.60. The molecule has 3 aromatic rings. The number of hydrogen-bond donors (Lipinski definition) is 1. The van der Waals surface area contributed by atoms with Crippen LogP contribution in [0.15, 0.2) is 78.9 Å². The van der Waals surface area contributed by atoms with Crippen molar-refractivity contribution in [2.75, 3.05) is 23.9 Å². The van der Waals surface area contributed by atoms with E-state index < -0.39 is 0 Å². The molecule has 32 heavy (non-hydrogen) atoms. The number of unbranched alkanes of at least 4 members (excludes halogenated alkanes) is 3. The molecule has 0 aliphatic carbocycles. The monoisotopic (exact) mass is 430 g/mol. The minimum atomic E-state index is -0.268. The highest BCUT2D eigenvalue weighted by atomic mass is 16.5. The Morgan fingerprint density at radius 3 is 2.41 bits per heavy atom. The number of rotatable bonds is 10. The maximum absolute atomic E-state index is 12.9. The van der Waals surface area contributed by atoms with Crippen LogP contribution in [0.2, 0.25) is 0 Å². The largest absolute Gasteiger partial charge is 0.493 e. The van der Waals surface area contributed by atoms with E-state index in [2.05, 4.69) is 12.2 Å². The molecular weight excluding hydrogens is 400 g/mol. The van der Waals surface area contributed by atoms with Gasteiger partial charge >= 0.3 is 0 Å². The summed E-state index contributed by atoms with van der Waals surface area (Å²) in [5.41, 5.74) is 2.33. The molecule has 0 bridgehead atoms. The Labute approximate surface area is 190 Å². The highest BCUT2D eigenvalue weighted by Crippen LogP contribution is 2.22. The Morgan fingerprint density at radius 2 is 1.62 bits per heavy atom. The lowest BCUT2D eigenvalue weighted by Crippen LogP contribution is -2.26. The van der Waals surface area contributed by atoms with Gasteiger partial charge in [-0.3, -0.25) is 9.59 Å². The maximum Gasteiger partial charge on any atom is 0.259 e. The third-order valence-corrected chi connectivity index (χ3v) is 5.20. The molecule has 5 heteroatoms. The summed E-state index contributed by atoms with van der Waals surface area (Å²) in [6.45, 7) is 2.75. The van der Waals surface area contributed by atoms with E-state index in [-0.39, 0.29) is 11.8 Å². The molecule has 0 atom stereocenters. The first kappa shape index (κ1) is 23.1. The van der Waals surface area contributed by atoms with Crippen molar-refractivity contribution in [1.29, 1.82) is 0 Å². The van der Waals surface area contributed by atoms with Gasteiger partial charge in [0.25, 0.3) is 11.8 Å². The molecule has 3 aromatic carbocycles. The van der Waals surface area contributed by atoms with Crippen molar-refractivity contribution in [3.05, 3.63) is 90.0 Å². The van der Waals surface area contributed by atoms with Crippen LogP contribution in [-0.2, 0) is 0 Å². The highest BCUT2D eigenvalue weighted by Gasteiger charge is 2.16. The Bertz CT molecular complexity index is 1030. The standard InChI is InChI=1S/C27H30N2O3/c1-3-4-5-11-19-32-25-18-10-9-17-24(25)26(30)28-22-14-12-13-21(20-22)27(31)29(2)23-15-7-6-8-16-23/h6-10,12-18,20H,3-5,11,19H2,1-2H3,(H,28,30). The van der Waals surface area contributed by atoms with E-state index >= 15 is 0 Å². The molecule has 166 valence electrons. The number of carbonyl (C=O) groups excluding carboxylic acids is 2. The van der Waals surface area contributed by atoms with Gasteiger partial charge in [0.1, 0.15) is 5.75 Å². The van der Waals surface area contributed by atoms with E-state index in [4.69, 9.17) is 4.74 Å². The molecule has 2 amide bonds. The van der Waals surface area contributed by atoms with E-state index in [1.165, 1.54) is 12.8 Å². The number of nitrogens with one attached hydrogen (secondary N) is 1. The van der Waals surface area contributed by atoms with Crippen LogP contribution in [0.3, 0.4) is 0 Å². The highest BCUT2D eigenvalue weighted by molar-refractivity contribution is 6.09. The summed E-state index contributed by atoms with van der Waals surface area (Å²) in [5, 5.41) is 2.89. The first-order chi connectivity index (χ1) is 15.6. The number of amides is 2. The van der Waals surface area contributed by atoms with Crippen LogP contribution in [0.1, 0.15) is 53.3 Å². The van der Waals surface area contributed by atoms with Crippen molar-refractivity contribution < 1.29 is 14.3 Å². The molecule has 0 saturated heterocycles. The summed E-state index contributed by atoms with van der Waals surface area (Å²) in [6.07, 6.45) is 4.42. The van der Waals surface area contributed by atoms with Crippen molar-refractivity contribution in [3.8, 4) is 5.75 Å². The van der Waals surface area contributed by atoms with Crippen molar-refractivity contribution in [3.63, 3.8) is 0 Å². The molecule has 0 fully saturated rings. The average Bonchev–Trinajstić information content (AvgIpc) is 2.84. The van der Waals surface area contributed by atoms with Gasteiger partial charge in [-0.05, 0) is 48.9 Å². The first-order valence-electron chi connectivity index (χ1n) is 11.1. The fraction of sp³-hybridized carbons (Fsp3) is 0.259. The van der Waals surface area contributed by atoms with Crippen molar-refractivity contribution in [1.82, 2.24) is 0 Å². The maximum atomic E-state index is 12.9. The van der Waals surface area contributed by atoms with Crippen molar-refractivity contribution in [2.45, 2.75) is 32.6 Å². The van der Waals surface area contributed by atoms with E-state index in [9.17, 15) is 9.59 Å². The second-order valence-corrected chi connectivity index (χ2v) is 7.64. The molecule has 0 saturated carbocycles.